The van der Waals surface area contributed by atoms with E-state index in [4.69, 9.17) is 9.47 Å². The number of allylic oxidation sites excluding steroid dienone is 4. The maximum Gasteiger partial charge on any atom is 0.673 e. The normalized spacial score (nSPS) is 13.6. The molecule has 0 N–H and O–H groups in total. The van der Waals surface area contributed by atoms with Crippen molar-refractivity contribution in [2.24, 2.45) is 0 Å². The fourth-order valence-electron chi connectivity index (χ4n) is 4.75. The van der Waals surface area contributed by atoms with Crippen molar-refractivity contribution in [3.63, 3.8) is 0 Å². The van der Waals surface area contributed by atoms with Crippen LogP contribution in [-0.2, 0) is 19.5 Å². The van der Waals surface area contributed by atoms with Crippen LogP contribution >= 0.6 is 15.8 Å². The van der Waals surface area contributed by atoms with Gasteiger partial charge in [0.25, 0.3) is 0 Å². The van der Waals surface area contributed by atoms with Gasteiger partial charge in [-0.25, -0.2) is 0 Å². The standard InChI is InChI=1S/C28H28O2P2.C8H12.BF4.Rh/c1-29-25-17-9-11-19-27(25)31(23-13-5-3-6-14-23)21-22-32(24-15-7-4-8-16-24)28-20-12-10-18-26(28)30-2;1-2-4-6-8-7-5-3-1;2-1(3,4)5;/h3-20H,21-22H2,1-2H3;1-2,7-8H,3-6H2;;/q;;-1;/t31-,32-;;;/m0.../s1. The monoisotopic (exact) mass is 756 g/mol. The van der Waals surface area contributed by atoms with E-state index in [2.05, 4.69) is 121 Å². The largest absolute Gasteiger partial charge is 0.673 e. The Balaban J connectivity index is 0.000000440. The first-order valence-corrected chi connectivity index (χ1v) is 18.0. The number of rotatable bonds is 9. The summed E-state index contributed by atoms with van der Waals surface area (Å²) in [5.74, 6) is 1.95. The first-order valence-electron chi connectivity index (χ1n) is 14.9. The van der Waals surface area contributed by atoms with Gasteiger partial charge in [0.15, 0.2) is 0 Å². The number of hydrogen-bond donors (Lipinski definition) is 0. The number of methoxy groups -OCH3 is 2. The minimum Gasteiger partial charge on any atom is -0.496 e. The summed E-state index contributed by atoms with van der Waals surface area (Å²) < 4.78 is 50.5. The maximum atomic E-state index is 9.75. The van der Waals surface area contributed by atoms with Gasteiger partial charge < -0.3 is 26.7 Å². The molecule has 2 nitrogen and oxygen atoms in total. The molecule has 10 heteroatoms. The zero-order valence-electron chi connectivity index (χ0n) is 26.1. The summed E-state index contributed by atoms with van der Waals surface area (Å²) in [6.07, 6.45) is 16.2. The fraction of sp³-hybridized carbons (Fsp3) is 0.222. The van der Waals surface area contributed by atoms with Gasteiger partial charge >= 0.3 is 7.25 Å². The van der Waals surface area contributed by atoms with E-state index in [0.29, 0.717) is 0 Å². The van der Waals surface area contributed by atoms with Crippen molar-refractivity contribution in [2.45, 2.75) is 25.7 Å². The molecule has 5 rings (SSSR count). The molecule has 0 heterocycles. The summed E-state index contributed by atoms with van der Waals surface area (Å²) in [7, 11) is -3.57. The van der Waals surface area contributed by atoms with Gasteiger partial charge in [0, 0.05) is 30.1 Å². The summed E-state index contributed by atoms with van der Waals surface area (Å²) in [5, 5.41) is 5.38. The Kier molecular flexibility index (Phi) is 18.8. The second kappa shape index (κ2) is 21.9. The number of hydrogen-bond acceptors (Lipinski definition) is 2. The number of benzene rings is 4. The molecule has 0 aromatic heterocycles. The van der Waals surface area contributed by atoms with Gasteiger partial charge in [0.1, 0.15) is 11.5 Å². The number of para-hydroxylation sites is 2. The van der Waals surface area contributed by atoms with E-state index in [-0.39, 0.29) is 19.5 Å². The molecule has 0 saturated carbocycles. The molecule has 2 atom stereocenters. The van der Waals surface area contributed by atoms with Crippen molar-refractivity contribution in [3.8, 4) is 11.5 Å². The third-order valence-electron chi connectivity index (χ3n) is 6.77. The predicted molar refractivity (Wildman–Crippen MR) is 188 cm³/mol. The van der Waals surface area contributed by atoms with Crippen LogP contribution in [0, 0.1) is 0 Å². The molecule has 247 valence electrons. The van der Waals surface area contributed by atoms with Crippen LogP contribution in [0.3, 0.4) is 0 Å². The molecule has 1 aliphatic rings. The molecule has 0 spiro atoms. The van der Waals surface area contributed by atoms with Crippen molar-refractivity contribution in [2.75, 3.05) is 26.5 Å². The summed E-state index contributed by atoms with van der Waals surface area (Å²) in [6.45, 7) is 0. The molecule has 1 radical (unpaired) electrons. The number of ether oxygens (including phenoxy) is 2. The molecule has 4 aromatic rings. The molecular weight excluding hydrogens is 716 g/mol. The zero-order chi connectivity index (χ0) is 32.3. The third kappa shape index (κ3) is 14.3. The smallest absolute Gasteiger partial charge is 0.496 e. The third-order valence-corrected chi connectivity index (χ3v) is 12.2. The van der Waals surface area contributed by atoms with Crippen LogP contribution in [0.1, 0.15) is 25.7 Å². The van der Waals surface area contributed by atoms with Crippen LogP contribution in [0.5, 0.6) is 11.5 Å². The minimum absolute atomic E-state index is 0. The molecule has 4 aromatic carbocycles. The van der Waals surface area contributed by atoms with Crippen LogP contribution in [0.25, 0.3) is 0 Å². The second-order valence-electron chi connectivity index (χ2n) is 9.91. The van der Waals surface area contributed by atoms with Crippen molar-refractivity contribution in [1.29, 1.82) is 0 Å². The van der Waals surface area contributed by atoms with E-state index >= 15 is 0 Å². The van der Waals surface area contributed by atoms with E-state index in [1.165, 1.54) is 46.9 Å². The Hall–Kier alpha value is -2.77. The molecule has 0 bridgehead atoms. The Morgan fingerprint density at radius 2 is 0.783 bits per heavy atom. The van der Waals surface area contributed by atoms with Gasteiger partial charge in [-0.3, -0.25) is 0 Å². The molecule has 1 aliphatic carbocycles. The average molecular weight is 756 g/mol. The number of halogens is 4. The van der Waals surface area contributed by atoms with E-state index in [0.717, 1.165) is 23.8 Å². The van der Waals surface area contributed by atoms with Gasteiger partial charge in [-0.05, 0) is 76.6 Å². The molecule has 0 aliphatic heterocycles. The van der Waals surface area contributed by atoms with E-state index in [1.807, 2.05) is 12.1 Å². The maximum absolute atomic E-state index is 9.75. The Morgan fingerprint density at radius 3 is 1.09 bits per heavy atom. The van der Waals surface area contributed by atoms with E-state index < -0.39 is 23.1 Å². The molecule has 0 saturated heterocycles. The summed E-state index contributed by atoms with van der Waals surface area (Å²) in [6, 6.07) is 38.7. The fourth-order valence-corrected chi connectivity index (χ4v) is 10.4. The molecular formula is C36H40BF4O2P2Rh-. The van der Waals surface area contributed by atoms with Crippen LogP contribution in [0.2, 0.25) is 0 Å². The summed E-state index contributed by atoms with van der Waals surface area (Å²) in [5.41, 5.74) is 0. The summed E-state index contributed by atoms with van der Waals surface area (Å²) in [4.78, 5) is 0. The van der Waals surface area contributed by atoms with Gasteiger partial charge in [0.2, 0.25) is 0 Å². The van der Waals surface area contributed by atoms with E-state index in [1.54, 1.807) is 14.2 Å². The van der Waals surface area contributed by atoms with Crippen LogP contribution in [-0.4, -0.2) is 33.8 Å². The van der Waals surface area contributed by atoms with Crippen molar-refractivity contribution in [3.05, 3.63) is 133 Å². The summed E-state index contributed by atoms with van der Waals surface area (Å²) >= 11 is 0. The Bertz CT molecular complexity index is 1330. The van der Waals surface area contributed by atoms with Crippen LogP contribution in [0.4, 0.5) is 17.3 Å². The SMILES string of the molecule is C1=CCCC=CCC1.COc1ccccc1[P@@](CC[P@@](c1ccccc1)c1ccccc1OC)c1ccccc1.F[B-](F)(F)F.[Rh]. The predicted octanol–water partition coefficient (Wildman–Crippen LogP) is 9.24. The van der Waals surface area contributed by atoms with Crippen molar-refractivity contribution < 1.29 is 46.2 Å². The Morgan fingerprint density at radius 1 is 0.500 bits per heavy atom. The molecule has 0 unspecified atom stereocenters. The second-order valence-corrected chi connectivity index (χ2v) is 14.5. The quantitative estimate of drug-likeness (QED) is 0.0735. The minimum atomic E-state index is -6.00. The first kappa shape index (κ1) is 39.4. The Labute approximate surface area is 286 Å². The first-order chi connectivity index (χ1) is 21.8. The topological polar surface area (TPSA) is 18.5 Å². The van der Waals surface area contributed by atoms with Gasteiger partial charge in [0.05, 0.1) is 14.2 Å². The van der Waals surface area contributed by atoms with Crippen LogP contribution < -0.4 is 30.7 Å². The van der Waals surface area contributed by atoms with E-state index in [9.17, 15) is 17.3 Å². The van der Waals surface area contributed by atoms with Crippen molar-refractivity contribution >= 4 is 44.3 Å². The molecule has 46 heavy (non-hydrogen) atoms. The molecule has 0 amide bonds. The van der Waals surface area contributed by atoms with Crippen LogP contribution in [0.15, 0.2) is 133 Å². The molecule has 0 fully saturated rings. The van der Waals surface area contributed by atoms with Gasteiger partial charge in [-0.1, -0.05) is 121 Å². The average Bonchev–Trinajstić information content (AvgIpc) is 3.03. The van der Waals surface area contributed by atoms with Gasteiger partial charge in [-0.2, -0.15) is 0 Å². The van der Waals surface area contributed by atoms with Gasteiger partial charge in [-0.15, -0.1) is 0 Å². The zero-order valence-corrected chi connectivity index (χ0v) is 29.5. The van der Waals surface area contributed by atoms with Crippen molar-refractivity contribution in [1.82, 2.24) is 0 Å².